The monoisotopic (exact) mass is 450 g/mol. The third-order valence-electron chi connectivity index (χ3n) is 5.19. The van der Waals surface area contributed by atoms with Crippen molar-refractivity contribution >= 4 is 52.4 Å². The molecule has 0 spiro atoms. The number of carboxylic acids is 1. The van der Waals surface area contributed by atoms with Gasteiger partial charge in [-0.2, -0.15) is 9.61 Å². The van der Waals surface area contributed by atoms with E-state index in [2.05, 4.69) is 4.90 Å². The number of aliphatic carboxylic acids is 1. The van der Waals surface area contributed by atoms with Gasteiger partial charge in [0.05, 0.1) is 32.2 Å². The van der Waals surface area contributed by atoms with Crippen LogP contribution in [0.15, 0.2) is 29.2 Å². The maximum absolute atomic E-state index is 11.6. The van der Waals surface area contributed by atoms with E-state index in [-0.39, 0.29) is 5.92 Å². The summed E-state index contributed by atoms with van der Waals surface area (Å²) in [6.45, 7) is 3.22. The molecule has 2 aromatic heterocycles. The zero-order valence-electron chi connectivity index (χ0n) is 16.0. The summed E-state index contributed by atoms with van der Waals surface area (Å²) in [6.07, 6.45) is 3.52. The highest BCUT2D eigenvalue weighted by atomic mass is 35.5. The Kier molecular flexibility index (Phi) is 5.64. The molecule has 0 saturated carbocycles. The summed E-state index contributed by atoms with van der Waals surface area (Å²) in [5.74, 6) is -0.233. The van der Waals surface area contributed by atoms with Crippen molar-refractivity contribution in [2.45, 2.75) is 24.7 Å². The van der Waals surface area contributed by atoms with Gasteiger partial charge in [-0.05, 0) is 38.2 Å². The molecule has 29 heavy (non-hydrogen) atoms. The number of aryl methyl sites for hydroxylation is 1. The molecule has 1 N–H and O–H groups in total. The molecule has 1 aromatic carbocycles. The molecular formula is C20H20Cl2N4O2S. The molecule has 1 aliphatic rings. The second-order valence-electron chi connectivity index (χ2n) is 7.11. The molecule has 0 aliphatic carbocycles. The minimum atomic E-state index is -0.751. The summed E-state index contributed by atoms with van der Waals surface area (Å²) in [5, 5.41) is 15.3. The lowest BCUT2D eigenvalue weighted by molar-refractivity contribution is -0.141. The number of piperidine rings is 1. The molecule has 4 rings (SSSR count). The van der Waals surface area contributed by atoms with Crippen LogP contribution in [-0.4, -0.2) is 45.0 Å². The average molecular weight is 451 g/mol. The highest BCUT2D eigenvalue weighted by Crippen LogP contribution is 2.36. The maximum Gasteiger partial charge on any atom is 0.308 e. The van der Waals surface area contributed by atoms with Gasteiger partial charge >= 0.3 is 5.97 Å². The van der Waals surface area contributed by atoms with Gasteiger partial charge in [-0.15, -0.1) is 11.8 Å². The van der Waals surface area contributed by atoms with Crippen molar-refractivity contribution in [3.63, 3.8) is 0 Å². The van der Waals surface area contributed by atoms with E-state index in [1.165, 1.54) is 0 Å². The number of carboxylic acid groups (broad SMARTS) is 1. The number of hydrogen-bond donors (Lipinski definition) is 1. The van der Waals surface area contributed by atoms with Crippen LogP contribution in [0.1, 0.15) is 18.5 Å². The summed E-state index contributed by atoms with van der Waals surface area (Å²) < 4.78 is 1.82. The van der Waals surface area contributed by atoms with E-state index in [9.17, 15) is 9.90 Å². The number of thioether (sulfide) groups is 1. The summed E-state index contributed by atoms with van der Waals surface area (Å²) in [4.78, 5) is 19.4. The molecule has 1 unspecified atom stereocenters. The molecule has 1 saturated heterocycles. The Hall–Kier alpha value is -1.96. The van der Waals surface area contributed by atoms with E-state index in [4.69, 9.17) is 33.3 Å². The normalized spacial score (nSPS) is 17.1. The van der Waals surface area contributed by atoms with E-state index in [1.807, 2.05) is 29.8 Å². The van der Waals surface area contributed by atoms with Crippen molar-refractivity contribution in [2.24, 2.45) is 5.92 Å². The molecule has 0 bridgehead atoms. The van der Waals surface area contributed by atoms with E-state index in [0.717, 1.165) is 40.6 Å². The third-order valence-corrected chi connectivity index (χ3v) is 6.82. The van der Waals surface area contributed by atoms with Crippen LogP contribution in [0.3, 0.4) is 0 Å². The molecule has 9 heteroatoms. The Bertz CT molecular complexity index is 1100. The first-order valence-corrected chi connectivity index (χ1v) is 11.2. The SMILES string of the molecule is CSc1c(C)nc2cc(-c3ccc(Cl)c(Cl)c3)nn2c1N1CCCC(C(=O)O)C1. The number of hydrogen-bond acceptors (Lipinski definition) is 5. The average Bonchev–Trinajstić information content (AvgIpc) is 3.12. The van der Waals surface area contributed by atoms with Gasteiger partial charge in [0.15, 0.2) is 5.65 Å². The van der Waals surface area contributed by atoms with Gasteiger partial charge in [0.2, 0.25) is 0 Å². The lowest BCUT2D eigenvalue weighted by Crippen LogP contribution is -2.40. The molecule has 0 radical (unpaired) electrons. The Labute approximate surface area is 182 Å². The largest absolute Gasteiger partial charge is 0.481 e. The van der Waals surface area contributed by atoms with Gasteiger partial charge < -0.3 is 10.0 Å². The Morgan fingerprint density at radius 2 is 2.07 bits per heavy atom. The Balaban J connectivity index is 1.86. The first kappa shape index (κ1) is 20.3. The number of anilines is 1. The van der Waals surface area contributed by atoms with Crippen molar-refractivity contribution in [3.8, 4) is 11.3 Å². The number of rotatable bonds is 4. The van der Waals surface area contributed by atoms with Crippen LogP contribution in [-0.2, 0) is 4.79 Å². The van der Waals surface area contributed by atoms with Crippen molar-refractivity contribution < 1.29 is 9.90 Å². The topological polar surface area (TPSA) is 70.7 Å². The molecule has 6 nitrogen and oxygen atoms in total. The molecule has 1 atom stereocenters. The molecule has 1 aliphatic heterocycles. The Morgan fingerprint density at radius 1 is 1.28 bits per heavy atom. The van der Waals surface area contributed by atoms with Crippen LogP contribution in [0.25, 0.3) is 16.9 Å². The van der Waals surface area contributed by atoms with Crippen molar-refractivity contribution in [2.75, 3.05) is 24.2 Å². The number of halogens is 2. The lowest BCUT2D eigenvalue weighted by Gasteiger charge is -2.33. The number of aromatic nitrogens is 3. The van der Waals surface area contributed by atoms with Crippen LogP contribution in [0, 0.1) is 12.8 Å². The summed E-state index contributed by atoms with van der Waals surface area (Å²) in [5.41, 5.74) is 3.20. The minimum absolute atomic E-state index is 0.382. The lowest BCUT2D eigenvalue weighted by atomic mass is 9.98. The van der Waals surface area contributed by atoms with Gasteiger partial charge in [-0.25, -0.2) is 4.98 Å². The van der Waals surface area contributed by atoms with E-state index < -0.39 is 5.97 Å². The first-order valence-electron chi connectivity index (χ1n) is 9.26. The fourth-order valence-electron chi connectivity index (χ4n) is 3.77. The van der Waals surface area contributed by atoms with Crippen LogP contribution < -0.4 is 4.90 Å². The smallest absolute Gasteiger partial charge is 0.308 e. The molecule has 1 fully saturated rings. The van der Waals surface area contributed by atoms with Gasteiger partial charge in [-0.1, -0.05) is 29.3 Å². The fourth-order valence-corrected chi connectivity index (χ4v) is 4.81. The predicted octanol–water partition coefficient (Wildman–Crippen LogP) is 5.03. The number of fused-ring (bicyclic) bond motifs is 1. The predicted molar refractivity (Wildman–Crippen MR) is 118 cm³/mol. The van der Waals surface area contributed by atoms with Gasteiger partial charge in [0, 0.05) is 24.7 Å². The van der Waals surface area contributed by atoms with E-state index >= 15 is 0 Å². The van der Waals surface area contributed by atoms with Crippen LogP contribution in [0.2, 0.25) is 10.0 Å². The molecule has 0 amide bonds. The molecule has 3 aromatic rings. The van der Waals surface area contributed by atoms with Crippen molar-refractivity contribution in [1.82, 2.24) is 14.6 Å². The summed E-state index contributed by atoms with van der Waals surface area (Å²) in [6, 6.07) is 7.32. The highest BCUT2D eigenvalue weighted by Gasteiger charge is 2.29. The fraction of sp³-hybridized carbons (Fsp3) is 0.350. The van der Waals surface area contributed by atoms with Crippen LogP contribution in [0.4, 0.5) is 5.82 Å². The number of benzene rings is 1. The summed E-state index contributed by atoms with van der Waals surface area (Å²) in [7, 11) is 0. The second kappa shape index (κ2) is 8.05. The minimum Gasteiger partial charge on any atom is -0.481 e. The van der Waals surface area contributed by atoms with E-state index in [0.29, 0.717) is 28.7 Å². The third kappa shape index (κ3) is 3.79. The highest BCUT2D eigenvalue weighted by molar-refractivity contribution is 7.98. The molecule has 3 heterocycles. The standard InChI is InChI=1S/C20H20Cl2N4O2S/c1-11-18(29-2)19(25-7-3-4-13(10-25)20(27)28)26-17(23-11)9-16(24-26)12-5-6-14(21)15(22)8-12/h5-6,8-9,13H,3-4,7,10H2,1-2H3,(H,27,28). The van der Waals surface area contributed by atoms with Crippen LogP contribution in [0.5, 0.6) is 0 Å². The number of nitrogens with zero attached hydrogens (tertiary/aromatic N) is 4. The summed E-state index contributed by atoms with van der Waals surface area (Å²) >= 11 is 13.8. The van der Waals surface area contributed by atoms with Gasteiger partial charge in [0.1, 0.15) is 5.82 Å². The molecular weight excluding hydrogens is 431 g/mol. The number of carbonyl (C=O) groups is 1. The molecule has 152 valence electrons. The maximum atomic E-state index is 11.6. The van der Waals surface area contributed by atoms with Crippen molar-refractivity contribution in [3.05, 3.63) is 40.0 Å². The first-order chi connectivity index (χ1) is 13.9. The quantitative estimate of drug-likeness (QED) is 0.561. The zero-order chi connectivity index (χ0) is 20.7. The second-order valence-corrected chi connectivity index (χ2v) is 8.74. The van der Waals surface area contributed by atoms with Gasteiger partial charge in [-0.3, -0.25) is 4.79 Å². The van der Waals surface area contributed by atoms with Gasteiger partial charge in [0.25, 0.3) is 0 Å². The Morgan fingerprint density at radius 3 is 2.76 bits per heavy atom. The van der Waals surface area contributed by atoms with Crippen molar-refractivity contribution in [1.29, 1.82) is 0 Å². The van der Waals surface area contributed by atoms with Crippen LogP contribution >= 0.6 is 35.0 Å². The van der Waals surface area contributed by atoms with E-state index in [1.54, 1.807) is 23.9 Å². The zero-order valence-corrected chi connectivity index (χ0v) is 18.4.